The fourth-order valence-electron chi connectivity index (χ4n) is 1.52. The Kier molecular flexibility index (Phi) is 4.31. The Hall–Kier alpha value is -2.41. The van der Waals surface area contributed by atoms with E-state index in [4.69, 9.17) is 0 Å². The third kappa shape index (κ3) is 3.33. The number of nitro benzene ring substituents is 1. The van der Waals surface area contributed by atoms with E-state index in [0.717, 1.165) is 11.8 Å². The molecule has 0 atom stereocenters. The van der Waals surface area contributed by atoms with Crippen molar-refractivity contribution in [1.29, 1.82) is 0 Å². The van der Waals surface area contributed by atoms with Crippen molar-refractivity contribution in [3.63, 3.8) is 0 Å². The van der Waals surface area contributed by atoms with Crippen LogP contribution in [0.2, 0.25) is 0 Å². The number of hydrogen-bond donors (Lipinski definition) is 0. The van der Waals surface area contributed by atoms with Crippen molar-refractivity contribution in [2.24, 2.45) is 0 Å². The molecule has 102 valence electrons. The number of benzene rings is 1. The normalized spacial score (nSPS) is 10.2. The molecule has 0 unspecified atom stereocenters. The number of pyridine rings is 1. The topological polar surface area (TPSA) is 87.2 Å². The quantitative estimate of drug-likeness (QED) is 0.210. The molecule has 0 amide bonds. The molecule has 0 bridgehead atoms. The molecule has 0 aliphatic heterocycles. The van der Waals surface area contributed by atoms with Gasteiger partial charge in [0.2, 0.25) is 0 Å². The van der Waals surface area contributed by atoms with Gasteiger partial charge in [0.1, 0.15) is 0 Å². The minimum Gasteiger partial charge on any atom is -0.618 e. The summed E-state index contributed by atoms with van der Waals surface area (Å²) in [4.78, 5) is 21.9. The first-order valence-electron chi connectivity index (χ1n) is 5.66. The highest BCUT2D eigenvalue weighted by Gasteiger charge is 2.12. The van der Waals surface area contributed by atoms with E-state index < -0.39 is 4.92 Å². The van der Waals surface area contributed by atoms with Gasteiger partial charge < -0.3 is 5.21 Å². The predicted octanol–water partition coefficient (Wildman–Crippen LogP) is 2.20. The first kappa shape index (κ1) is 14.0. The first-order chi connectivity index (χ1) is 9.58. The SMILES string of the molecule is O=C(CSc1cccc[n+]1[O-])c1ccc([N+](=O)[O-])cc1. The van der Waals surface area contributed by atoms with Crippen LogP contribution < -0.4 is 4.73 Å². The second kappa shape index (κ2) is 6.16. The Bertz CT molecular complexity index is 643. The van der Waals surface area contributed by atoms with Crippen molar-refractivity contribution < 1.29 is 14.4 Å². The number of nitro groups is 1. The molecule has 0 aliphatic carbocycles. The largest absolute Gasteiger partial charge is 0.618 e. The number of rotatable bonds is 5. The van der Waals surface area contributed by atoms with Crippen molar-refractivity contribution in [3.05, 3.63) is 69.5 Å². The lowest BCUT2D eigenvalue weighted by Gasteiger charge is -2.03. The van der Waals surface area contributed by atoms with E-state index in [9.17, 15) is 20.1 Å². The van der Waals surface area contributed by atoms with Gasteiger partial charge in [-0.2, -0.15) is 4.73 Å². The third-order valence-electron chi connectivity index (χ3n) is 2.54. The zero-order valence-electron chi connectivity index (χ0n) is 10.3. The van der Waals surface area contributed by atoms with Crippen LogP contribution in [0.25, 0.3) is 0 Å². The van der Waals surface area contributed by atoms with Crippen LogP contribution in [0.1, 0.15) is 10.4 Å². The highest BCUT2D eigenvalue weighted by Crippen LogP contribution is 2.17. The lowest BCUT2D eigenvalue weighted by atomic mass is 10.1. The van der Waals surface area contributed by atoms with Crippen LogP contribution in [-0.4, -0.2) is 16.5 Å². The number of aromatic nitrogens is 1. The molecule has 1 aromatic heterocycles. The molecular weight excluding hydrogens is 280 g/mol. The van der Waals surface area contributed by atoms with Gasteiger partial charge in [0.25, 0.3) is 10.7 Å². The molecule has 0 spiro atoms. The monoisotopic (exact) mass is 290 g/mol. The second-order valence-electron chi connectivity index (χ2n) is 3.88. The summed E-state index contributed by atoms with van der Waals surface area (Å²) in [6, 6.07) is 10.3. The van der Waals surface area contributed by atoms with Gasteiger partial charge in [-0.25, -0.2) is 0 Å². The minimum absolute atomic E-state index is 0.0605. The molecule has 0 N–H and O–H groups in total. The van der Waals surface area contributed by atoms with E-state index in [0.29, 0.717) is 15.3 Å². The molecular formula is C13H10N2O4S. The van der Waals surface area contributed by atoms with Crippen molar-refractivity contribution in [2.75, 3.05) is 5.75 Å². The predicted molar refractivity (Wildman–Crippen MR) is 73.6 cm³/mol. The molecule has 7 heteroatoms. The molecule has 0 radical (unpaired) electrons. The Balaban J connectivity index is 2.02. The summed E-state index contributed by atoms with van der Waals surface area (Å²) in [5.41, 5.74) is 0.325. The standard InChI is InChI=1S/C13H10N2O4S/c16-12(9-20-13-3-1-2-8-14(13)17)10-4-6-11(7-5-10)15(18)19/h1-8H,9H2. The Morgan fingerprint density at radius 3 is 2.50 bits per heavy atom. The van der Waals surface area contributed by atoms with Gasteiger partial charge in [0, 0.05) is 29.8 Å². The summed E-state index contributed by atoms with van der Waals surface area (Å²) in [6.45, 7) is 0. The lowest BCUT2D eigenvalue weighted by Crippen LogP contribution is -2.28. The molecule has 2 rings (SSSR count). The van der Waals surface area contributed by atoms with Gasteiger partial charge in [0.05, 0.1) is 10.7 Å². The number of carbonyl (C=O) groups excluding carboxylic acids is 1. The summed E-state index contributed by atoms with van der Waals surface area (Å²) in [5, 5.41) is 22.3. The third-order valence-corrected chi connectivity index (χ3v) is 3.56. The smallest absolute Gasteiger partial charge is 0.269 e. The zero-order valence-corrected chi connectivity index (χ0v) is 11.1. The highest BCUT2D eigenvalue weighted by atomic mass is 32.2. The Morgan fingerprint density at radius 1 is 1.20 bits per heavy atom. The summed E-state index contributed by atoms with van der Waals surface area (Å²) in [7, 11) is 0. The molecule has 6 nitrogen and oxygen atoms in total. The van der Waals surface area contributed by atoms with Crippen LogP contribution in [0.3, 0.4) is 0 Å². The number of non-ortho nitro benzene ring substituents is 1. The van der Waals surface area contributed by atoms with Crippen molar-refractivity contribution in [3.8, 4) is 0 Å². The van der Waals surface area contributed by atoms with E-state index >= 15 is 0 Å². The number of carbonyl (C=O) groups is 1. The summed E-state index contributed by atoms with van der Waals surface area (Å²) >= 11 is 1.13. The van der Waals surface area contributed by atoms with Crippen LogP contribution in [0.5, 0.6) is 0 Å². The minimum atomic E-state index is -0.521. The van der Waals surface area contributed by atoms with Gasteiger partial charge in [-0.3, -0.25) is 14.9 Å². The van der Waals surface area contributed by atoms with Crippen LogP contribution in [-0.2, 0) is 0 Å². The number of nitrogens with zero attached hydrogens (tertiary/aromatic N) is 2. The Morgan fingerprint density at radius 2 is 1.90 bits per heavy atom. The zero-order chi connectivity index (χ0) is 14.5. The van der Waals surface area contributed by atoms with E-state index in [1.165, 1.54) is 30.5 Å². The van der Waals surface area contributed by atoms with Crippen LogP contribution in [0.15, 0.2) is 53.7 Å². The van der Waals surface area contributed by atoms with Gasteiger partial charge in [0.15, 0.2) is 12.0 Å². The molecule has 2 aromatic rings. The first-order valence-corrected chi connectivity index (χ1v) is 6.65. The van der Waals surface area contributed by atoms with Crippen molar-refractivity contribution in [2.45, 2.75) is 5.03 Å². The van der Waals surface area contributed by atoms with Gasteiger partial charge in [-0.1, -0.05) is 0 Å². The number of thioether (sulfide) groups is 1. The lowest BCUT2D eigenvalue weighted by molar-refractivity contribution is -0.645. The fraction of sp³-hybridized carbons (Fsp3) is 0.0769. The van der Waals surface area contributed by atoms with Gasteiger partial charge in [-0.05, 0) is 30.0 Å². The van der Waals surface area contributed by atoms with Crippen LogP contribution in [0.4, 0.5) is 5.69 Å². The molecule has 0 fully saturated rings. The van der Waals surface area contributed by atoms with Crippen molar-refractivity contribution >= 4 is 23.2 Å². The maximum atomic E-state index is 11.9. The molecule has 20 heavy (non-hydrogen) atoms. The number of hydrogen-bond acceptors (Lipinski definition) is 5. The molecule has 1 aromatic carbocycles. The average Bonchev–Trinajstić information content (AvgIpc) is 2.46. The molecule has 0 saturated heterocycles. The summed E-state index contributed by atoms with van der Waals surface area (Å²) < 4.78 is 0.688. The molecule has 0 saturated carbocycles. The van der Waals surface area contributed by atoms with E-state index in [1.54, 1.807) is 18.2 Å². The average molecular weight is 290 g/mol. The van der Waals surface area contributed by atoms with E-state index in [2.05, 4.69) is 0 Å². The second-order valence-corrected chi connectivity index (χ2v) is 4.88. The van der Waals surface area contributed by atoms with E-state index in [1.807, 2.05) is 0 Å². The summed E-state index contributed by atoms with van der Waals surface area (Å²) in [5.74, 6) is -0.0851. The maximum absolute atomic E-state index is 11.9. The highest BCUT2D eigenvalue weighted by molar-refractivity contribution is 7.99. The van der Waals surface area contributed by atoms with Gasteiger partial charge in [-0.15, -0.1) is 0 Å². The fourth-order valence-corrected chi connectivity index (χ4v) is 2.32. The van der Waals surface area contributed by atoms with E-state index in [-0.39, 0.29) is 17.2 Å². The molecule has 1 heterocycles. The number of ketones is 1. The van der Waals surface area contributed by atoms with Gasteiger partial charge >= 0.3 is 0 Å². The maximum Gasteiger partial charge on any atom is 0.269 e. The van der Waals surface area contributed by atoms with Crippen LogP contribution >= 0.6 is 11.8 Å². The van der Waals surface area contributed by atoms with Crippen LogP contribution in [0, 0.1) is 15.3 Å². The Labute approximate surface area is 118 Å². The molecule has 0 aliphatic rings. The number of Topliss-reactive ketones (excluding diaryl/α,β-unsaturated/α-hetero) is 1. The van der Waals surface area contributed by atoms with Crippen molar-refractivity contribution in [1.82, 2.24) is 0 Å². The summed E-state index contributed by atoms with van der Waals surface area (Å²) in [6.07, 6.45) is 1.36.